The van der Waals surface area contributed by atoms with E-state index < -0.39 is 0 Å². The van der Waals surface area contributed by atoms with E-state index in [2.05, 4.69) is 12.2 Å². The first-order chi connectivity index (χ1) is 7.27. The van der Waals surface area contributed by atoms with Gasteiger partial charge >= 0.3 is 0 Å². The van der Waals surface area contributed by atoms with Gasteiger partial charge in [0.2, 0.25) is 5.91 Å². The second-order valence-electron chi connectivity index (χ2n) is 4.59. The second-order valence-corrected chi connectivity index (χ2v) is 5.74. The smallest absolute Gasteiger partial charge is 0.236 e. The van der Waals surface area contributed by atoms with Gasteiger partial charge in [-0.3, -0.25) is 4.79 Å². The number of carbonyl (C=O) groups is 1. The first kappa shape index (κ1) is 11.3. The van der Waals surface area contributed by atoms with Gasteiger partial charge in [0, 0.05) is 24.1 Å². The maximum absolute atomic E-state index is 11.9. The van der Waals surface area contributed by atoms with Crippen molar-refractivity contribution < 1.29 is 4.79 Å². The van der Waals surface area contributed by atoms with Crippen LogP contribution in [0.5, 0.6) is 0 Å². The van der Waals surface area contributed by atoms with Gasteiger partial charge in [-0.2, -0.15) is 11.8 Å². The van der Waals surface area contributed by atoms with Crippen LogP contribution in [0.25, 0.3) is 0 Å². The molecule has 3 nitrogen and oxygen atoms in total. The van der Waals surface area contributed by atoms with Gasteiger partial charge in [0.1, 0.15) is 0 Å². The fourth-order valence-corrected chi connectivity index (χ4v) is 2.92. The van der Waals surface area contributed by atoms with Crippen molar-refractivity contribution in [2.24, 2.45) is 5.92 Å². The molecule has 4 heteroatoms. The summed E-state index contributed by atoms with van der Waals surface area (Å²) >= 11 is 1.95. The Kier molecular flexibility index (Phi) is 3.92. The molecule has 1 unspecified atom stereocenters. The molecule has 0 bridgehead atoms. The lowest BCUT2D eigenvalue weighted by Gasteiger charge is -2.33. The SMILES string of the molecule is CC1CSCCN1C(=O)CNCC1CC1. The zero-order valence-corrected chi connectivity index (χ0v) is 10.2. The first-order valence-electron chi connectivity index (χ1n) is 5.85. The minimum Gasteiger partial charge on any atom is -0.337 e. The van der Waals surface area contributed by atoms with Crippen molar-refractivity contribution in [2.45, 2.75) is 25.8 Å². The van der Waals surface area contributed by atoms with E-state index in [1.807, 2.05) is 16.7 Å². The Labute approximate surface area is 96.0 Å². The van der Waals surface area contributed by atoms with Gasteiger partial charge in [0.05, 0.1) is 6.54 Å². The molecule has 1 saturated carbocycles. The van der Waals surface area contributed by atoms with E-state index in [0.29, 0.717) is 12.6 Å². The van der Waals surface area contributed by atoms with Crippen molar-refractivity contribution in [1.82, 2.24) is 10.2 Å². The Bertz CT molecular complexity index is 231. The molecule has 1 atom stereocenters. The largest absolute Gasteiger partial charge is 0.337 e. The molecular formula is C11H20N2OS. The third-order valence-electron chi connectivity index (χ3n) is 3.09. The number of thioether (sulfide) groups is 1. The molecule has 0 radical (unpaired) electrons. The van der Waals surface area contributed by atoms with Crippen LogP contribution in [-0.2, 0) is 4.79 Å². The highest BCUT2D eigenvalue weighted by Crippen LogP contribution is 2.27. The predicted molar refractivity (Wildman–Crippen MR) is 64.1 cm³/mol. The zero-order valence-electron chi connectivity index (χ0n) is 9.37. The molecule has 0 aromatic carbocycles. The van der Waals surface area contributed by atoms with E-state index in [0.717, 1.165) is 30.5 Å². The first-order valence-corrected chi connectivity index (χ1v) is 7.01. The molecule has 2 fully saturated rings. The Balaban J connectivity index is 1.68. The number of nitrogens with one attached hydrogen (secondary N) is 1. The molecule has 86 valence electrons. The van der Waals surface area contributed by atoms with Gasteiger partial charge in [-0.25, -0.2) is 0 Å². The molecule has 0 aromatic heterocycles. The molecule has 1 aliphatic heterocycles. The van der Waals surface area contributed by atoms with Crippen LogP contribution in [0.3, 0.4) is 0 Å². The highest BCUT2D eigenvalue weighted by Gasteiger charge is 2.24. The monoisotopic (exact) mass is 228 g/mol. The molecule has 0 spiro atoms. The van der Waals surface area contributed by atoms with E-state index in [4.69, 9.17) is 0 Å². The summed E-state index contributed by atoms with van der Waals surface area (Å²) in [7, 11) is 0. The van der Waals surface area contributed by atoms with Crippen molar-refractivity contribution in [2.75, 3.05) is 31.1 Å². The molecule has 1 aliphatic carbocycles. The quantitative estimate of drug-likeness (QED) is 0.777. The van der Waals surface area contributed by atoms with Gasteiger partial charge < -0.3 is 10.2 Å². The maximum Gasteiger partial charge on any atom is 0.236 e. The molecule has 2 aliphatic rings. The molecular weight excluding hydrogens is 208 g/mol. The number of hydrogen-bond donors (Lipinski definition) is 1. The van der Waals surface area contributed by atoms with E-state index in [1.54, 1.807) is 0 Å². The molecule has 1 N–H and O–H groups in total. The number of amides is 1. The highest BCUT2D eigenvalue weighted by molar-refractivity contribution is 7.99. The van der Waals surface area contributed by atoms with Crippen LogP contribution in [0.1, 0.15) is 19.8 Å². The molecule has 2 rings (SSSR count). The molecule has 1 heterocycles. The number of hydrogen-bond acceptors (Lipinski definition) is 3. The molecule has 15 heavy (non-hydrogen) atoms. The summed E-state index contributed by atoms with van der Waals surface area (Å²) < 4.78 is 0. The summed E-state index contributed by atoms with van der Waals surface area (Å²) in [4.78, 5) is 13.9. The van der Waals surface area contributed by atoms with Crippen molar-refractivity contribution in [3.05, 3.63) is 0 Å². The van der Waals surface area contributed by atoms with Crippen molar-refractivity contribution in [3.63, 3.8) is 0 Å². The Morgan fingerprint density at radius 3 is 3.00 bits per heavy atom. The molecule has 0 aromatic rings. The normalized spacial score (nSPS) is 26.7. The average Bonchev–Trinajstić information content (AvgIpc) is 3.02. The standard InChI is InChI=1S/C11H20N2OS/c1-9-8-15-5-4-13(9)11(14)7-12-6-10-2-3-10/h9-10,12H,2-8H2,1H3. The van der Waals surface area contributed by atoms with E-state index in [1.165, 1.54) is 12.8 Å². The average molecular weight is 228 g/mol. The summed E-state index contributed by atoms with van der Waals surface area (Å²) in [5, 5.41) is 3.27. The lowest BCUT2D eigenvalue weighted by atomic mass is 10.3. The van der Waals surface area contributed by atoms with Gasteiger partial charge in [-0.05, 0) is 32.2 Å². The van der Waals surface area contributed by atoms with Crippen LogP contribution >= 0.6 is 11.8 Å². The van der Waals surface area contributed by atoms with E-state index in [-0.39, 0.29) is 5.91 Å². The maximum atomic E-state index is 11.9. The minimum atomic E-state index is 0.281. The van der Waals surface area contributed by atoms with Gasteiger partial charge in [-0.1, -0.05) is 0 Å². The van der Waals surface area contributed by atoms with Crippen molar-refractivity contribution in [3.8, 4) is 0 Å². The van der Waals surface area contributed by atoms with Gasteiger partial charge in [0.15, 0.2) is 0 Å². The number of rotatable bonds is 4. The highest BCUT2D eigenvalue weighted by atomic mass is 32.2. The molecule has 1 saturated heterocycles. The summed E-state index contributed by atoms with van der Waals surface area (Å²) in [6.45, 7) is 4.63. The van der Waals surface area contributed by atoms with Crippen LogP contribution in [0.4, 0.5) is 0 Å². The van der Waals surface area contributed by atoms with Crippen LogP contribution in [-0.4, -0.2) is 48.0 Å². The topological polar surface area (TPSA) is 32.3 Å². The lowest BCUT2D eigenvalue weighted by molar-refractivity contribution is -0.131. The minimum absolute atomic E-state index is 0.281. The summed E-state index contributed by atoms with van der Waals surface area (Å²) in [6.07, 6.45) is 2.69. The third-order valence-corrected chi connectivity index (χ3v) is 4.28. The predicted octanol–water partition coefficient (Wildman–Crippen LogP) is 0.950. The third kappa shape index (κ3) is 3.38. The van der Waals surface area contributed by atoms with Gasteiger partial charge in [0.25, 0.3) is 0 Å². The van der Waals surface area contributed by atoms with E-state index >= 15 is 0 Å². The lowest BCUT2D eigenvalue weighted by Crippen LogP contribution is -2.48. The van der Waals surface area contributed by atoms with Crippen LogP contribution in [0.15, 0.2) is 0 Å². The fourth-order valence-electron chi connectivity index (χ4n) is 1.90. The van der Waals surface area contributed by atoms with Crippen LogP contribution < -0.4 is 5.32 Å². The zero-order chi connectivity index (χ0) is 10.7. The van der Waals surface area contributed by atoms with E-state index in [9.17, 15) is 4.79 Å². The summed E-state index contributed by atoms with van der Waals surface area (Å²) in [5.41, 5.74) is 0. The second kappa shape index (κ2) is 5.21. The Hall–Kier alpha value is -0.220. The summed E-state index contributed by atoms with van der Waals surface area (Å²) in [5.74, 6) is 3.32. The van der Waals surface area contributed by atoms with Crippen LogP contribution in [0.2, 0.25) is 0 Å². The number of carbonyl (C=O) groups excluding carboxylic acids is 1. The number of nitrogens with zero attached hydrogens (tertiary/aromatic N) is 1. The van der Waals surface area contributed by atoms with Gasteiger partial charge in [-0.15, -0.1) is 0 Å². The van der Waals surface area contributed by atoms with Crippen LogP contribution in [0, 0.1) is 5.92 Å². The Morgan fingerprint density at radius 1 is 1.53 bits per heavy atom. The van der Waals surface area contributed by atoms with Crippen molar-refractivity contribution >= 4 is 17.7 Å². The molecule has 1 amide bonds. The fraction of sp³-hybridized carbons (Fsp3) is 0.909. The Morgan fingerprint density at radius 2 is 2.33 bits per heavy atom. The van der Waals surface area contributed by atoms with Crippen molar-refractivity contribution in [1.29, 1.82) is 0 Å². The summed E-state index contributed by atoms with van der Waals surface area (Å²) in [6, 6.07) is 0.416.